The predicted molar refractivity (Wildman–Crippen MR) is 129 cm³/mol. The Labute approximate surface area is 205 Å². The molecule has 0 unspecified atom stereocenters. The quantitative estimate of drug-likeness (QED) is 0.394. The minimum Gasteiger partial charge on any atom is -0.327 e. The van der Waals surface area contributed by atoms with Crippen LogP contribution in [0.1, 0.15) is 40.7 Å². The summed E-state index contributed by atoms with van der Waals surface area (Å²) < 4.78 is 1.49. The number of carbonyl (C=O) groups is 3. The molecule has 0 aromatic carbocycles. The highest BCUT2D eigenvalue weighted by Gasteiger charge is 2.56. The van der Waals surface area contributed by atoms with Crippen molar-refractivity contribution in [3.63, 3.8) is 0 Å². The van der Waals surface area contributed by atoms with Gasteiger partial charge in [0.1, 0.15) is 23.8 Å². The Morgan fingerprint density at radius 2 is 1.94 bits per heavy atom. The molecule has 180 valence electrons. The molecule has 0 spiro atoms. The number of likely N-dealkylation sites (tertiary alicyclic amines) is 1. The Morgan fingerprint density at radius 1 is 1.06 bits per heavy atom. The fourth-order valence-electron chi connectivity index (χ4n) is 4.96. The number of hydrogen-bond donors (Lipinski definition) is 1. The van der Waals surface area contributed by atoms with Crippen LogP contribution in [0.15, 0.2) is 55.0 Å². The number of rotatable bonds is 7. The third kappa shape index (κ3) is 3.88. The average Bonchev–Trinajstić information content (AvgIpc) is 3.40. The average molecular weight is 483 g/mol. The van der Waals surface area contributed by atoms with Crippen LogP contribution in [0.5, 0.6) is 0 Å². The molecule has 0 bridgehead atoms. The fraction of sp³-hybridized carbons (Fsp3) is 0.280. The van der Waals surface area contributed by atoms with Gasteiger partial charge in [0, 0.05) is 30.7 Å². The van der Waals surface area contributed by atoms with Crippen molar-refractivity contribution < 1.29 is 14.4 Å². The number of hydrogen-bond acceptors (Lipinski definition) is 9. The first kappa shape index (κ1) is 22.0. The van der Waals surface area contributed by atoms with Gasteiger partial charge in [0.15, 0.2) is 11.6 Å². The number of nitrogens with one attached hydrogen (secondary N) is 1. The molecule has 4 aromatic rings. The number of amides is 1. The number of anilines is 2. The second kappa shape index (κ2) is 8.59. The molecule has 1 aliphatic carbocycles. The zero-order chi connectivity index (χ0) is 24.8. The maximum atomic E-state index is 13.5. The van der Waals surface area contributed by atoms with Gasteiger partial charge >= 0.3 is 0 Å². The van der Waals surface area contributed by atoms with E-state index in [2.05, 4.69) is 30.6 Å². The summed E-state index contributed by atoms with van der Waals surface area (Å²) in [5.74, 6) is 0.730. The van der Waals surface area contributed by atoms with E-state index in [0.29, 0.717) is 40.6 Å². The van der Waals surface area contributed by atoms with E-state index in [0.717, 1.165) is 6.42 Å². The van der Waals surface area contributed by atoms with E-state index >= 15 is 0 Å². The van der Waals surface area contributed by atoms with Crippen molar-refractivity contribution in [2.75, 3.05) is 5.32 Å². The molecule has 1 saturated heterocycles. The van der Waals surface area contributed by atoms with Crippen LogP contribution >= 0.6 is 0 Å². The number of carbonyl (C=O) groups excluding carboxylic acids is 3. The zero-order valence-corrected chi connectivity index (χ0v) is 19.4. The van der Waals surface area contributed by atoms with Crippen molar-refractivity contribution in [2.24, 2.45) is 5.92 Å². The Balaban J connectivity index is 1.28. The second-order valence-electron chi connectivity index (χ2n) is 9.08. The van der Waals surface area contributed by atoms with Crippen LogP contribution in [-0.4, -0.2) is 64.4 Å². The monoisotopic (exact) mass is 482 g/mol. The third-order valence-corrected chi connectivity index (χ3v) is 6.70. The Hall–Kier alpha value is -4.54. The summed E-state index contributed by atoms with van der Waals surface area (Å²) in [5.41, 5.74) is 1.16. The molecule has 11 heteroatoms. The van der Waals surface area contributed by atoms with Crippen LogP contribution < -0.4 is 5.32 Å². The molecule has 5 heterocycles. The van der Waals surface area contributed by atoms with E-state index in [-0.39, 0.29) is 35.8 Å². The first-order valence-electron chi connectivity index (χ1n) is 11.7. The minimum atomic E-state index is -0.536. The van der Waals surface area contributed by atoms with Crippen molar-refractivity contribution in [3.8, 4) is 0 Å². The summed E-state index contributed by atoms with van der Waals surface area (Å²) in [5, 5.41) is 15.9. The summed E-state index contributed by atoms with van der Waals surface area (Å²) >= 11 is 0. The summed E-state index contributed by atoms with van der Waals surface area (Å²) in [7, 11) is 0. The third-order valence-electron chi connectivity index (χ3n) is 6.70. The molecule has 1 amide bonds. The number of ketones is 2. The van der Waals surface area contributed by atoms with E-state index in [1.807, 2.05) is 0 Å². The molecule has 2 fully saturated rings. The van der Waals surface area contributed by atoms with E-state index in [4.69, 9.17) is 0 Å². The molecule has 4 aromatic heterocycles. The Bertz CT molecular complexity index is 1490. The van der Waals surface area contributed by atoms with Gasteiger partial charge in [0.25, 0.3) is 0 Å². The highest BCUT2D eigenvalue weighted by molar-refractivity contribution is 6.06. The van der Waals surface area contributed by atoms with Gasteiger partial charge < -0.3 is 10.2 Å². The van der Waals surface area contributed by atoms with Crippen LogP contribution in [0.2, 0.25) is 0 Å². The standard InChI is InChI=1S/C25H22N8O3/c1-14(34)24-16-11-22(29-21-6-4-8-28-30-21)27-12-20(16)32(31-24)13-23(35)33-18-9-15(18)10-19(33)25(36)17-5-2-3-7-26-17/h2-8,11-12,15,18-19H,9-10,13H2,1H3,(H,27,29,30)/t15-,18-,19+/m1/s1. The molecule has 36 heavy (non-hydrogen) atoms. The van der Waals surface area contributed by atoms with Gasteiger partial charge in [-0.3, -0.25) is 24.0 Å². The fourth-order valence-corrected chi connectivity index (χ4v) is 4.96. The molecular formula is C25H22N8O3. The SMILES string of the molecule is CC(=O)c1nn(CC(=O)N2[C@@H]3C[C@@H]3C[C@H]2C(=O)c2ccccn2)c2cnc(Nc3cccnn3)cc12. The van der Waals surface area contributed by atoms with E-state index in [1.165, 1.54) is 11.6 Å². The van der Waals surface area contributed by atoms with Gasteiger partial charge in [0.2, 0.25) is 11.7 Å². The lowest BCUT2D eigenvalue weighted by atomic mass is 10.0. The molecular weight excluding hydrogens is 460 g/mol. The summed E-state index contributed by atoms with van der Waals surface area (Å²) in [6.07, 6.45) is 6.25. The van der Waals surface area contributed by atoms with Crippen LogP contribution in [0.3, 0.4) is 0 Å². The molecule has 1 aliphatic heterocycles. The summed E-state index contributed by atoms with van der Waals surface area (Å²) in [6, 6.07) is 9.91. The first-order valence-corrected chi connectivity index (χ1v) is 11.7. The summed E-state index contributed by atoms with van der Waals surface area (Å²) in [6.45, 7) is 1.33. The zero-order valence-electron chi connectivity index (χ0n) is 19.4. The van der Waals surface area contributed by atoms with E-state index < -0.39 is 6.04 Å². The normalized spacial score (nSPS) is 20.2. The Morgan fingerprint density at radius 3 is 2.69 bits per heavy atom. The van der Waals surface area contributed by atoms with Crippen LogP contribution in [0.4, 0.5) is 11.6 Å². The number of fused-ring (bicyclic) bond motifs is 2. The molecule has 11 nitrogen and oxygen atoms in total. The topological polar surface area (TPSA) is 136 Å². The number of aromatic nitrogens is 6. The van der Waals surface area contributed by atoms with Crippen molar-refractivity contribution in [3.05, 3.63) is 66.4 Å². The maximum Gasteiger partial charge on any atom is 0.245 e. The predicted octanol–water partition coefficient (Wildman–Crippen LogP) is 2.43. The minimum absolute atomic E-state index is 0.0603. The highest BCUT2D eigenvalue weighted by Crippen LogP contribution is 2.48. The Kier molecular flexibility index (Phi) is 5.24. The summed E-state index contributed by atoms with van der Waals surface area (Å²) in [4.78, 5) is 49.2. The molecule has 6 rings (SSSR count). The van der Waals surface area contributed by atoms with Crippen LogP contribution in [0.25, 0.3) is 10.9 Å². The molecule has 1 N–H and O–H groups in total. The lowest BCUT2D eigenvalue weighted by Gasteiger charge is -2.26. The van der Waals surface area contributed by atoms with Gasteiger partial charge in [-0.25, -0.2) is 4.98 Å². The molecule has 3 atom stereocenters. The largest absolute Gasteiger partial charge is 0.327 e. The van der Waals surface area contributed by atoms with Crippen molar-refractivity contribution in [1.82, 2.24) is 34.8 Å². The smallest absolute Gasteiger partial charge is 0.245 e. The van der Waals surface area contributed by atoms with Crippen molar-refractivity contribution >= 4 is 40.0 Å². The lowest BCUT2D eigenvalue weighted by molar-refractivity contribution is -0.133. The van der Waals surface area contributed by atoms with E-state index in [1.54, 1.807) is 59.9 Å². The molecule has 1 saturated carbocycles. The van der Waals surface area contributed by atoms with Gasteiger partial charge in [-0.05, 0) is 49.1 Å². The van der Waals surface area contributed by atoms with Gasteiger partial charge in [-0.1, -0.05) is 6.07 Å². The van der Waals surface area contributed by atoms with Gasteiger partial charge in [-0.15, -0.1) is 5.10 Å². The maximum absolute atomic E-state index is 13.5. The van der Waals surface area contributed by atoms with Crippen LogP contribution in [-0.2, 0) is 11.3 Å². The number of nitrogens with zero attached hydrogens (tertiary/aromatic N) is 7. The van der Waals surface area contributed by atoms with Crippen molar-refractivity contribution in [2.45, 2.75) is 38.4 Å². The first-order chi connectivity index (χ1) is 17.5. The van der Waals surface area contributed by atoms with Crippen molar-refractivity contribution in [1.29, 1.82) is 0 Å². The lowest BCUT2D eigenvalue weighted by Crippen LogP contribution is -2.45. The molecule has 0 radical (unpaired) electrons. The number of pyridine rings is 2. The van der Waals surface area contributed by atoms with Gasteiger partial charge in [0.05, 0.1) is 17.8 Å². The molecule has 2 aliphatic rings. The highest BCUT2D eigenvalue weighted by atomic mass is 16.2. The second-order valence-corrected chi connectivity index (χ2v) is 9.08. The van der Waals surface area contributed by atoms with E-state index in [9.17, 15) is 14.4 Å². The number of piperidine rings is 1. The van der Waals surface area contributed by atoms with Gasteiger partial charge in [-0.2, -0.15) is 10.2 Å². The van der Waals surface area contributed by atoms with Crippen LogP contribution in [0, 0.1) is 5.92 Å². The number of Topliss-reactive ketones (excluding diaryl/α,β-unsaturated/α-hetero) is 2.